The fourth-order valence-corrected chi connectivity index (χ4v) is 1.88. The van der Waals surface area contributed by atoms with Gasteiger partial charge in [0.25, 0.3) is 0 Å². The SMILES string of the molecule is CN(C)CCN(Cc1ccccc1C(F)(F)F)C(=O)CN. The van der Waals surface area contributed by atoms with Crippen LogP contribution in [0, 0.1) is 0 Å². The van der Waals surface area contributed by atoms with E-state index in [0.717, 1.165) is 6.07 Å². The number of amides is 1. The Morgan fingerprint density at radius 2 is 1.81 bits per heavy atom. The third-order valence-electron chi connectivity index (χ3n) is 3.03. The van der Waals surface area contributed by atoms with Crippen molar-refractivity contribution in [3.8, 4) is 0 Å². The Balaban J connectivity index is 2.96. The van der Waals surface area contributed by atoms with Crippen LogP contribution in [0.3, 0.4) is 0 Å². The number of nitrogens with zero attached hydrogens (tertiary/aromatic N) is 2. The minimum Gasteiger partial charge on any atom is -0.336 e. The molecule has 0 saturated heterocycles. The second-order valence-electron chi connectivity index (χ2n) is 4.98. The van der Waals surface area contributed by atoms with Crippen molar-refractivity contribution >= 4 is 5.91 Å². The van der Waals surface area contributed by atoms with Crippen LogP contribution in [-0.2, 0) is 17.5 Å². The maximum atomic E-state index is 13.0. The zero-order valence-corrected chi connectivity index (χ0v) is 12.2. The van der Waals surface area contributed by atoms with Crippen molar-refractivity contribution < 1.29 is 18.0 Å². The zero-order chi connectivity index (χ0) is 16.0. The van der Waals surface area contributed by atoms with Gasteiger partial charge in [0.2, 0.25) is 5.91 Å². The standard InChI is InChI=1S/C14H20F3N3O/c1-19(2)7-8-20(13(21)9-18)10-11-5-3-4-6-12(11)14(15,16)17/h3-6H,7-10,18H2,1-2H3. The molecule has 4 nitrogen and oxygen atoms in total. The van der Waals surface area contributed by atoms with E-state index in [-0.39, 0.29) is 24.6 Å². The monoisotopic (exact) mass is 303 g/mol. The molecule has 1 aromatic carbocycles. The summed E-state index contributed by atoms with van der Waals surface area (Å²) < 4.78 is 38.9. The van der Waals surface area contributed by atoms with Gasteiger partial charge in [-0.2, -0.15) is 13.2 Å². The molecule has 21 heavy (non-hydrogen) atoms. The van der Waals surface area contributed by atoms with Crippen molar-refractivity contribution in [2.75, 3.05) is 33.7 Å². The average molecular weight is 303 g/mol. The van der Waals surface area contributed by atoms with Gasteiger partial charge in [0.1, 0.15) is 0 Å². The summed E-state index contributed by atoms with van der Waals surface area (Å²) in [5.74, 6) is -0.367. The molecule has 2 N–H and O–H groups in total. The smallest absolute Gasteiger partial charge is 0.336 e. The summed E-state index contributed by atoms with van der Waals surface area (Å²) in [5.41, 5.74) is 4.69. The van der Waals surface area contributed by atoms with Crippen molar-refractivity contribution in [3.05, 3.63) is 35.4 Å². The van der Waals surface area contributed by atoms with E-state index in [1.54, 1.807) is 0 Å². The summed E-state index contributed by atoms with van der Waals surface area (Å²) in [5, 5.41) is 0. The van der Waals surface area contributed by atoms with Gasteiger partial charge in [-0.3, -0.25) is 4.79 Å². The minimum atomic E-state index is -4.43. The number of benzene rings is 1. The van der Waals surface area contributed by atoms with Gasteiger partial charge in [0.05, 0.1) is 12.1 Å². The number of carbonyl (C=O) groups is 1. The van der Waals surface area contributed by atoms with Gasteiger partial charge in [-0.25, -0.2) is 0 Å². The second-order valence-corrected chi connectivity index (χ2v) is 4.98. The van der Waals surface area contributed by atoms with Gasteiger partial charge >= 0.3 is 6.18 Å². The fourth-order valence-electron chi connectivity index (χ4n) is 1.88. The number of hydrogen-bond donors (Lipinski definition) is 1. The maximum Gasteiger partial charge on any atom is 0.416 e. The average Bonchev–Trinajstić information content (AvgIpc) is 2.41. The molecule has 1 aromatic rings. The van der Waals surface area contributed by atoms with E-state index in [1.807, 2.05) is 19.0 Å². The molecule has 1 rings (SSSR count). The lowest BCUT2D eigenvalue weighted by molar-refractivity contribution is -0.139. The highest BCUT2D eigenvalue weighted by atomic mass is 19.4. The van der Waals surface area contributed by atoms with Crippen molar-refractivity contribution in [2.24, 2.45) is 5.73 Å². The van der Waals surface area contributed by atoms with Gasteiger partial charge in [0, 0.05) is 19.6 Å². The number of halogens is 3. The predicted molar refractivity (Wildman–Crippen MR) is 74.5 cm³/mol. The molecule has 0 saturated carbocycles. The van der Waals surface area contributed by atoms with Gasteiger partial charge < -0.3 is 15.5 Å². The summed E-state index contributed by atoms with van der Waals surface area (Å²) in [6.07, 6.45) is -4.43. The van der Waals surface area contributed by atoms with Crippen molar-refractivity contribution in [1.82, 2.24) is 9.80 Å². The molecule has 0 unspecified atom stereocenters. The summed E-state index contributed by atoms with van der Waals surface area (Å²) in [7, 11) is 3.66. The Bertz CT molecular complexity index is 475. The maximum absolute atomic E-state index is 13.0. The van der Waals surface area contributed by atoms with Crippen molar-refractivity contribution in [3.63, 3.8) is 0 Å². The molecule has 118 valence electrons. The van der Waals surface area contributed by atoms with Gasteiger partial charge in [-0.15, -0.1) is 0 Å². The number of carbonyl (C=O) groups excluding carboxylic acids is 1. The summed E-state index contributed by atoms with van der Waals surface area (Å²) in [6.45, 7) is 0.566. The molecule has 0 spiro atoms. The van der Waals surface area contributed by atoms with E-state index < -0.39 is 11.7 Å². The highest BCUT2D eigenvalue weighted by molar-refractivity contribution is 5.78. The quantitative estimate of drug-likeness (QED) is 0.867. The fraction of sp³-hybridized carbons (Fsp3) is 0.500. The molecular weight excluding hydrogens is 283 g/mol. The van der Waals surface area contributed by atoms with Crippen LogP contribution in [-0.4, -0.2) is 49.4 Å². The van der Waals surface area contributed by atoms with Crippen LogP contribution in [0.5, 0.6) is 0 Å². The molecule has 0 aliphatic rings. The Hall–Kier alpha value is -1.60. The molecule has 0 aliphatic heterocycles. The Labute approximate surface area is 122 Å². The van der Waals surface area contributed by atoms with E-state index in [1.165, 1.54) is 23.1 Å². The highest BCUT2D eigenvalue weighted by Gasteiger charge is 2.33. The molecule has 0 aromatic heterocycles. The number of alkyl halides is 3. The molecule has 0 fully saturated rings. The van der Waals surface area contributed by atoms with Crippen LogP contribution < -0.4 is 5.73 Å². The molecule has 0 aliphatic carbocycles. The molecule has 0 bridgehead atoms. The molecule has 0 atom stereocenters. The largest absolute Gasteiger partial charge is 0.416 e. The Morgan fingerprint density at radius 1 is 1.19 bits per heavy atom. The van der Waals surface area contributed by atoms with E-state index in [2.05, 4.69) is 0 Å². The van der Waals surface area contributed by atoms with Crippen LogP contribution in [0.4, 0.5) is 13.2 Å². The summed E-state index contributed by atoms with van der Waals surface area (Å²) in [4.78, 5) is 15.0. The van der Waals surface area contributed by atoms with E-state index in [4.69, 9.17) is 5.73 Å². The minimum absolute atomic E-state index is 0.0746. The first-order valence-corrected chi connectivity index (χ1v) is 6.53. The lowest BCUT2D eigenvalue weighted by atomic mass is 10.1. The van der Waals surface area contributed by atoms with Crippen LogP contribution in [0.2, 0.25) is 0 Å². The lowest BCUT2D eigenvalue weighted by Crippen LogP contribution is -2.40. The number of nitrogens with two attached hydrogens (primary N) is 1. The predicted octanol–water partition coefficient (Wildman–Crippen LogP) is 1.55. The van der Waals surface area contributed by atoms with Crippen molar-refractivity contribution in [2.45, 2.75) is 12.7 Å². The Morgan fingerprint density at radius 3 is 2.33 bits per heavy atom. The van der Waals surface area contributed by atoms with Crippen LogP contribution in [0.1, 0.15) is 11.1 Å². The van der Waals surface area contributed by atoms with Gasteiger partial charge in [0.15, 0.2) is 0 Å². The van der Waals surface area contributed by atoms with Gasteiger partial charge in [-0.1, -0.05) is 18.2 Å². The summed E-state index contributed by atoms with van der Waals surface area (Å²) >= 11 is 0. The highest BCUT2D eigenvalue weighted by Crippen LogP contribution is 2.32. The summed E-state index contributed by atoms with van der Waals surface area (Å²) in [6, 6.07) is 5.27. The third-order valence-corrected chi connectivity index (χ3v) is 3.03. The molecule has 1 amide bonds. The molecule has 0 radical (unpaired) electrons. The van der Waals surface area contributed by atoms with E-state index in [9.17, 15) is 18.0 Å². The Kier molecular flexibility index (Phi) is 6.17. The van der Waals surface area contributed by atoms with Crippen LogP contribution in [0.15, 0.2) is 24.3 Å². The lowest BCUT2D eigenvalue weighted by Gasteiger charge is -2.25. The first-order chi connectivity index (χ1) is 9.75. The van der Waals surface area contributed by atoms with Gasteiger partial charge in [-0.05, 0) is 25.7 Å². The zero-order valence-electron chi connectivity index (χ0n) is 12.2. The molecular formula is C14H20F3N3O. The first-order valence-electron chi connectivity index (χ1n) is 6.53. The second kappa shape index (κ2) is 7.42. The number of likely N-dealkylation sites (N-methyl/N-ethyl adjacent to an activating group) is 1. The van der Waals surface area contributed by atoms with Crippen molar-refractivity contribution in [1.29, 1.82) is 0 Å². The number of hydrogen-bond acceptors (Lipinski definition) is 3. The first kappa shape index (κ1) is 17.5. The topological polar surface area (TPSA) is 49.6 Å². The van der Waals surface area contributed by atoms with Crippen LogP contribution >= 0.6 is 0 Å². The van der Waals surface area contributed by atoms with E-state index >= 15 is 0 Å². The number of rotatable bonds is 6. The molecule has 7 heteroatoms. The molecule has 0 heterocycles. The van der Waals surface area contributed by atoms with E-state index in [0.29, 0.717) is 13.1 Å². The van der Waals surface area contributed by atoms with Crippen LogP contribution in [0.25, 0.3) is 0 Å². The normalized spacial score (nSPS) is 11.8. The third kappa shape index (κ3) is 5.35.